The maximum absolute atomic E-state index is 13.7. The molecule has 0 heterocycles. The first kappa shape index (κ1) is 17.0. The van der Waals surface area contributed by atoms with E-state index in [1.165, 1.54) is 7.05 Å². The number of sulfonamides is 1. The van der Waals surface area contributed by atoms with E-state index in [1.54, 1.807) is 6.92 Å². The molecule has 114 valence electrons. The molecular formula is C11H17FN2O4S2. The summed E-state index contributed by atoms with van der Waals surface area (Å²) in [5, 5.41) is 0. The van der Waals surface area contributed by atoms with Crippen LogP contribution >= 0.6 is 0 Å². The molecule has 0 spiro atoms. The topological polar surface area (TPSA) is 97.5 Å². The monoisotopic (exact) mass is 324 g/mol. The van der Waals surface area contributed by atoms with Crippen LogP contribution in [0.15, 0.2) is 28.0 Å². The van der Waals surface area contributed by atoms with Gasteiger partial charge in [0.05, 0.1) is 4.90 Å². The van der Waals surface area contributed by atoms with Crippen LogP contribution in [-0.2, 0) is 19.9 Å². The molecule has 6 nitrogen and oxygen atoms in total. The summed E-state index contributed by atoms with van der Waals surface area (Å²) in [5.74, 6) is -1.10. The molecule has 0 radical (unpaired) electrons. The molecule has 0 saturated carbocycles. The molecule has 1 aromatic carbocycles. The normalized spacial score (nSPS) is 14.5. The Morgan fingerprint density at radius 2 is 1.85 bits per heavy atom. The third-order valence-corrected chi connectivity index (χ3v) is 6.04. The molecule has 1 rings (SSSR count). The molecule has 0 bridgehead atoms. The van der Waals surface area contributed by atoms with Gasteiger partial charge in [-0.15, -0.1) is 0 Å². The largest absolute Gasteiger partial charge is 0.329 e. The number of nitrogens with zero attached hydrogens (tertiary/aromatic N) is 1. The van der Waals surface area contributed by atoms with Gasteiger partial charge >= 0.3 is 0 Å². The van der Waals surface area contributed by atoms with Gasteiger partial charge < -0.3 is 5.73 Å². The number of benzene rings is 1. The van der Waals surface area contributed by atoms with Crippen LogP contribution in [0.25, 0.3) is 0 Å². The van der Waals surface area contributed by atoms with Crippen LogP contribution in [0.1, 0.15) is 6.92 Å². The second kappa shape index (κ2) is 5.76. The van der Waals surface area contributed by atoms with Crippen LogP contribution in [0.5, 0.6) is 0 Å². The van der Waals surface area contributed by atoms with Crippen molar-refractivity contribution < 1.29 is 21.2 Å². The standard InChI is InChI=1S/C11H17FN2O4S2/c1-8(7-13)14(2)20(17,18)9-4-5-11(10(12)6-9)19(3,15)16/h4-6,8H,7,13H2,1-3H3. The molecule has 0 aromatic heterocycles. The highest BCUT2D eigenvalue weighted by Gasteiger charge is 2.26. The van der Waals surface area contributed by atoms with E-state index in [1.807, 2.05) is 0 Å². The summed E-state index contributed by atoms with van der Waals surface area (Å²) in [6.07, 6.45) is 0.849. The Morgan fingerprint density at radius 1 is 1.30 bits per heavy atom. The van der Waals surface area contributed by atoms with Gasteiger partial charge in [-0.2, -0.15) is 4.31 Å². The summed E-state index contributed by atoms with van der Waals surface area (Å²) in [7, 11) is -6.33. The Morgan fingerprint density at radius 3 is 2.25 bits per heavy atom. The molecule has 1 unspecified atom stereocenters. The van der Waals surface area contributed by atoms with E-state index in [0.29, 0.717) is 6.07 Å². The van der Waals surface area contributed by atoms with Gasteiger partial charge in [-0.3, -0.25) is 0 Å². The molecule has 2 N–H and O–H groups in total. The molecule has 0 aliphatic heterocycles. The molecule has 0 aliphatic rings. The fourth-order valence-electron chi connectivity index (χ4n) is 1.49. The lowest BCUT2D eigenvalue weighted by Gasteiger charge is -2.23. The van der Waals surface area contributed by atoms with Crippen molar-refractivity contribution in [1.82, 2.24) is 4.31 Å². The van der Waals surface area contributed by atoms with Gasteiger partial charge in [0, 0.05) is 25.9 Å². The summed E-state index contributed by atoms with van der Waals surface area (Å²) in [4.78, 5) is -0.851. The van der Waals surface area contributed by atoms with E-state index in [2.05, 4.69) is 0 Å². The van der Waals surface area contributed by atoms with Crippen molar-refractivity contribution in [2.45, 2.75) is 22.8 Å². The molecular weight excluding hydrogens is 307 g/mol. The van der Waals surface area contributed by atoms with Crippen LogP contribution in [0, 0.1) is 5.82 Å². The molecule has 9 heteroatoms. The van der Waals surface area contributed by atoms with E-state index in [4.69, 9.17) is 5.73 Å². The lowest BCUT2D eigenvalue weighted by atomic mass is 10.3. The summed E-state index contributed by atoms with van der Waals surface area (Å²) >= 11 is 0. The Labute approximate surface area is 118 Å². The fraction of sp³-hybridized carbons (Fsp3) is 0.455. The minimum Gasteiger partial charge on any atom is -0.329 e. The van der Waals surface area contributed by atoms with Crippen LogP contribution in [0.4, 0.5) is 4.39 Å². The summed E-state index contributed by atoms with van der Waals surface area (Å²) in [6, 6.07) is 2.25. The highest BCUT2D eigenvalue weighted by molar-refractivity contribution is 7.90. The molecule has 0 saturated heterocycles. The van der Waals surface area contributed by atoms with Gasteiger partial charge in [0.2, 0.25) is 10.0 Å². The first-order chi connectivity index (χ1) is 9.01. The maximum atomic E-state index is 13.7. The zero-order valence-corrected chi connectivity index (χ0v) is 13.0. The number of rotatable bonds is 5. The SMILES string of the molecule is CC(CN)N(C)S(=O)(=O)c1ccc(S(C)(=O)=O)c(F)c1. The van der Waals surface area contributed by atoms with E-state index in [-0.39, 0.29) is 11.4 Å². The minimum atomic E-state index is -3.92. The third kappa shape index (κ3) is 3.35. The molecule has 20 heavy (non-hydrogen) atoms. The van der Waals surface area contributed by atoms with Gasteiger partial charge in [0.15, 0.2) is 9.84 Å². The highest BCUT2D eigenvalue weighted by atomic mass is 32.2. The van der Waals surface area contributed by atoms with Crippen molar-refractivity contribution in [2.75, 3.05) is 19.8 Å². The van der Waals surface area contributed by atoms with E-state index >= 15 is 0 Å². The predicted molar refractivity (Wildman–Crippen MR) is 73.0 cm³/mol. The minimum absolute atomic E-state index is 0.111. The Hall–Kier alpha value is -1.03. The van der Waals surface area contributed by atoms with Gasteiger partial charge in [0.1, 0.15) is 10.7 Å². The Balaban J connectivity index is 3.33. The highest BCUT2D eigenvalue weighted by Crippen LogP contribution is 2.22. The zero-order chi connectivity index (χ0) is 15.7. The molecule has 0 aliphatic carbocycles. The third-order valence-electron chi connectivity index (χ3n) is 2.94. The number of nitrogens with two attached hydrogens (primary N) is 1. The second-order valence-electron chi connectivity index (χ2n) is 4.47. The van der Waals surface area contributed by atoms with Crippen molar-refractivity contribution in [3.8, 4) is 0 Å². The lowest BCUT2D eigenvalue weighted by molar-refractivity contribution is 0.394. The summed E-state index contributed by atoms with van der Waals surface area (Å²) in [5.41, 5.74) is 5.40. The number of likely N-dealkylation sites (N-methyl/N-ethyl adjacent to an activating group) is 1. The second-order valence-corrected chi connectivity index (χ2v) is 8.45. The van der Waals surface area contributed by atoms with Crippen molar-refractivity contribution in [3.63, 3.8) is 0 Å². The van der Waals surface area contributed by atoms with Crippen LogP contribution in [0.2, 0.25) is 0 Å². The summed E-state index contributed by atoms with van der Waals surface area (Å²) in [6.45, 7) is 1.72. The van der Waals surface area contributed by atoms with Crippen molar-refractivity contribution in [3.05, 3.63) is 24.0 Å². The van der Waals surface area contributed by atoms with Crippen molar-refractivity contribution in [2.24, 2.45) is 5.73 Å². The maximum Gasteiger partial charge on any atom is 0.243 e. The average molecular weight is 324 g/mol. The molecule has 1 atom stereocenters. The van der Waals surface area contributed by atoms with Gasteiger partial charge in [0.25, 0.3) is 0 Å². The molecule has 1 aromatic rings. The number of hydrogen-bond acceptors (Lipinski definition) is 5. The lowest BCUT2D eigenvalue weighted by Crippen LogP contribution is -2.39. The van der Waals surface area contributed by atoms with Crippen molar-refractivity contribution in [1.29, 1.82) is 0 Å². The fourth-order valence-corrected chi connectivity index (χ4v) is 3.61. The molecule has 0 amide bonds. The van der Waals surface area contributed by atoms with Gasteiger partial charge in [-0.25, -0.2) is 21.2 Å². The average Bonchev–Trinajstić information content (AvgIpc) is 2.35. The quantitative estimate of drug-likeness (QED) is 0.834. The van der Waals surface area contributed by atoms with Crippen LogP contribution in [0.3, 0.4) is 0 Å². The Bertz CT molecular complexity index is 701. The summed E-state index contributed by atoms with van der Waals surface area (Å²) < 4.78 is 61.7. The van der Waals surface area contributed by atoms with Gasteiger partial charge in [-0.05, 0) is 25.1 Å². The first-order valence-electron chi connectivity index (χ1n) is 5.69. The Kier molecular flexibility index (Phi) is 4.90. The smallest absolute Gasteiger partial charge is 0.243 e. The van der Waals surface area contributed by atoms with Crippen molar-refractivity contribution >= 4 is 19.9 Å². The van der Waals surface area contributed by atoms with E-state index < -0.39 is 36.6 Å². The van der Waals surface area contributed by atoms with E-state index in [0.717, 1.165) is 22.7 Å². The molecule has 0 fully saturated rings. The predicted octanol–water partition coefficient (Wildman–Crippen LogP) is 0.197. The number of sulfone groups is 1. The number of halogens is 1. The van der Waals surface area contributed by atoms with Gasteiger partial charge in [-0.1, -0.05) is 0 Å². The van der Waals surface area contributed by atoms with Crippen LogP contribution in [-0.4, -0.2) is 47.0 Å². The zero-order valence-electron chi connectivity index (χ0n) is 11.4. The van der Waals surface area contributed by atoms with E-state index in [9.17, 15) is 21.2 Å². The van der Waals surface area contributed by atoms with Crippen LogP contribution < -0.4 is 5.73 Å². The number of hydrogen-bond donors (Lipinski definition) is 1. The first-order valence-corrected chi connectivity index (χ1v) is 9.02.